The minimum atomic E-state index is -3.19. The fourth-order valence-corrected chi connectivity index (χ4v) is 5.48. The summed E-state index contributed by atoms with van der Waals surface area (Å²) in [7, 11) is 0.554. The molecule has 1 aliphatic rings. The standard InChI is InChI=1S/C23H29N3O4S/c1-25(2)14-15-26(20-13-16-31(29,30)17-20)23(28)22(27)24-21(18-9-5-3-6-10-18)19-11-7-4-8-12-19/h3-12,20-21H,13-17H2,1-2H3,(H,24,27). The van der Waals surface area contributed by atoms with Crippen molar-refractivity contribution in [1.29, 1.82) is 0 Å². The fraction of sp³-hybridized carbons (Fsp3) is 0.391. The molecule has 1 saturated heterocycles. The van der Waals surface area contributed by atoms with Gasteiger partial charge in [-0.25, -0.2) is 8.42 Å². The minimum Gasteiger partial charge on any atom is -0.337 e. The highest BCUT2D eigenvalue weighted by atomic mass is 32.2. The van der Waals surface area contributed by atoms with Crippen LogP contribution in [0.3, 0.4) is 0 Å². The average Bonchev–Trinajstić information content (AvgIpc) is 3.12. The summed E-state index contributed by atoms with van der Waals surface area (Å²) in [6.45, 7) is 0.831. The number of hydrogen-bond acceptors (Lipinski definition) is 5. The Kier molecular flexibility index (Phi) is 7.46. The van der Waals surface area contributed by atoms with E-state index in [0.29, 0.717) is 19.5 Å². The van der Waals surface area contributed by atoms with Gasteiger partial charge in [-0.15, -0.1) is 0 Å². The highest BCUT2D eigenvalue weighted by molar-refractivity contribution is 7.91. The Labute approximate surface area is 184 Å². The molecule has 2 amide bonds. The molecule has 0 bridgehead atoms. The molecule has 0 saturated carbocycles. The Hall–Kier alpha value is -2.71. The zero-order valence-corrected chi connectivity index (χ0v) is 18.7. The van der Waals surface area contributed by atoms with E-state index in [1.807, 2.05) is 79.7 Å². The lowest BCUT2D eigenvalue weighted by atomic mass is 9.98. The Morgan fingerprint density at radius 3 is 1.97 bits per heavy atom. The summed E-state index contributed by atoms with van der Waals surface area (Å²) in [5.41, 5.74) is 1.72. The number of benzene rings is 2. The zero-order chi connectivity index (χ0) is 22.4. The molecule has 1 atom stereocenters. The van der Waals surface area contributed by atoms with Gasteiger partial charge < -0.3 is 15.1 Å². The van der Waals surface area contributed by atoms with Gasteiger partial charge in [-0.05, 0) is 31.6 Å². The number of rotatable bonds is 7. The summed E-state index contributed by atoms with van der Waals surface area (Å²) in [6.07, 6.45) is 0.357. The minimum absolute atomic E-state index is 0.0433. The number of amides is 2. The van der Waals surface area contributed by atoms with Crippen LogP contribution in [0.2, 0.25) is 0 Å². The Morgan fingerprint density at radius 2 is 1.52 bits per heavy atom. The molecular weight excluding hydrogens is 414 g/mol. The van der Waals surface area contributed by atoms with Crippen LogP contribution in [-0.4, -0.2) is 74.8 Å². The number of nitrogens with one attached hydrogen (secondary N) is 1. The second-order valence-electron chi connectivity index (χ2n) is 8.09. The van der Waals surface area contributed by atoms with Crippen molar-refractivity contribution in [2.75, 3.05) is 38.7 Å². The highest BCUT2D eigenvalue weighted by Crippen LogP contribution is 2.23. The summed E-state index contributed by atoms with van der Waals surface area (Å²) in [6, 6.07) is 17.9. The summed E-state index contributed by atoms with van der Waals surface area (Å²) >= 11 is 0. The van der Waals surface area contributed by atoms with Crippen molar-refractivity contribution in [2.45, 2.75) is 18.5 Å². The number of nitrogens with zero attached hydrogens (tertiary/aromatic N) is 2. The average molecular weight is 444 g/mol. The van der Waals surface area contributed by atoms with Crippen LogP contribution < -0.4 is 5.32 Å². The molecule has 0 spiro atoms. The third kappa shape index (κ3) is 6.15. The van der Waals surface area contributed by atoms with Gasteiger partial charge in [0, 0.05) is 19.1 Å². The van der Waals surface area contributed by atoms with Gasteiger partial charge in [0.1, 0.15) is 0 Å². The van der Waals surface area contributed by atoms with Gasteiger partial charge in [0.25, 0.3) is 0 Å². The molecule has 166 valence electrons. The van der Waals surface area contributed by atoms with Crippen LogP contribution in [0.5, 0.6) is 0 Å². The number of sulfone groups is 1. The molecule has 0 radical (unpaired) electrons. The van der Waals surface area contributed by atoms with Gasteiger partial charge in [0.15, 0.2) is 9.84 Å². The Balaban J connectivity index is 1.82. The molecule has 0 aliphatic carbocycles. The second-order valence-corrected chi connectivity index (χ2v) is 10.3. The van der Waals surface area contributed by atoms with Gasteiger partial charge in [-0.1, -0.05) is 60.7 Å². The predicted octanol–water partition coefficient (Wildman–Crippen LogP) is 1.47. The first-order valence-electron chi connectivity index (χ1n) is 10.3. The van der Waals surface area contributed by atoms with E-state index in [9.17, 15) is 18.0 Å². The first kappa shape index (κ1) is 23.0. The highest BCUT2D eigenvalue weighted by Gasteiger charge is 2.37. The van der Waals surface area contributed by atoms with Crippen molar-refractivity contribution in [3.05, 3.63) is 71.8 Å². The molecule has 7 nitrogen and oxygen atoms in total. The van der Waals surface area contributed by atoms with Crippen molar-refractivity contribution in [3.63, 3.8) is 0 Å². The quantitative estimate of drug-likeness (QED) is 0.655. The lowest BCUT2D eigenvalue weighted by Crippen LogP contribution is -2.51. The molecule has 31 heavy (non-hydrogen) atoms. The summed E-state index contributed by atoms with van der Waals surface area (Å²) < 4.78 is 23.9. The molecule has 1 unspecified atom stereocenters. The van der Waals surface area contributed by atoms with E-state index in [1.54, 1.807) is 0 Å². The summed E-state index contributed by atoms with van der Waals surface area (Å²) in [5, 5.41) is 2.87. The van der Waals surface area contributed by atoms with Crippen molar-refractivity contribution in [3.8, 4) is 0 Å². The van der Waals surface area contributed by atoms with E-state index in [4.69, 9.17) is 0 Å². The first-order valence-corrected chi connectivity index (χ1v) is 12.2. The topological polar surface area (TPSA) is 86.8 Å². The number of likely N-dealkylation sites (N-methyl/N-ethyl adjacent to an activating group) is 1. The van der Waals surface area contributed by atoms with Gasteiger partial charge in [-0.3, -0.25) is 9.59 Å². The molecule has 2 aromatic rings. The van der Waals surface area contributed by atoms with Crippen LogP contribution in [0.4, 0.5) is 0 Å². The fourth-order valence-electron chi connectivity index (χ4n) is 3.75. The Bertz CT molecular complexity index is 954. The lowest BCUT2D eigenvalue weighted by Gasteiger charge is -2.30. The molecule has 3 rings (SSSR count). The molecule has 1 fully saturated rings. The smallest absolute Gasteiger partial charge is 0.312 e. The molecule has 2 aromatic carbocycles. The van der Waals surface area contributed by atoms with E-state index in [0.717, 1.165) is 11.1 Å². The van der Waals surface area contributed by atoms with Crippen molar-refractivity contribution in [2.24, 2.45) is 0 Å². The van der Waals surface area contributed by atoms with Crippen molar-refractivity contribution in [1.82, 2.24) is 15.1 Å². The van der Waals surface area contributed by atoms with Crippen molar-refractivity contribution >= 4 is 21.7 Å². The molecule has 0 aromatic heterocycles. The monoisotopic (exact) mass is 443 g/mol. The van der Waals surface area contributed by atoms with Crippen LogP contribution in [0.1, 0.15) is 23.6 Å². The zero-order valence-electron chi connectivity index (χ0n) is 17.9. The van der Waals surface area contributed by atoms with Crippen LogP contribution >= 0.6 is 0 Å². The second kappa shape index (κ2) is 10.1. The maximum Gasteiger partial charge on any atom is 0.312 e. The molecule has 1 heterocycles. The maximum atomic E-state index is 13.2. The molecule has 1 N–H and O–H groups in total. The van der Waals surface area contributed by atoms with Crippen LogP contribution in [0.15, 0.2) is 60.7 Å². The van der Waals surface area contributed by atoms with E-state index in [-0.39, 0.29) is 11.5 Å². The number of carbonyl (C=O) groups is 2. The first-order chi connectivity index (χ1) is 14.8. The van der Waals surface area contributed by atoms with Crippen molar-refractivity contribution < 1.29 is 18.0 Å². The van der Waals surface area contributed by atoms with E-state index in [1.165, 1.54) is 4.90 Å². The largest absolute Gasteiger partial charge is 0.337 e. The normalized spacial score (nSPS) is 17.6. The summed E-state index contributed by atoms with van der Waals surface area (Å²) in [5.74, 6) is -1.48. The van der Waals surface area contributed by atoms with E-state index >= 15 is 0 Å². The molecule has 1 aliphatic heterocycles. The van der Waals surface area contributed by atoms with Gasteiger partial charge in [0.05, 0.1) is 17.5 Å². The molecular formula is C23H29N3O4S. The van der Waals surface area contributed by atoms with Gasteiger partial charge in [0.2, 0.25) is 0 Å². The number of carbonyl (C=O) groups excluding carboxylic acids is 2. The number of hydrogen-bond donors (Lipinski definition) is 1. The van der Waals surface area contributed by atoms with Crippen LogP contribution in [0.25, 0.3) is 0 Å². The van der Waals surface area contributed by atoms with Crippen LogP contribution in [-0.2, 0) is 19.4 Å². The maximum absolute atomic E-state index is 13.2. The predicted molar refractivity (Wildman–Crippen MR) is 120 cm³/mol. The van der Waals surface area contributed by atoms with E-state index < -0.39 is 33.7 Å². The van der Waals surface area contributed by atoms with Crippen LogP contribution in [0, 0.1) is 0 Å². The third-order valence-corrected chi connectivity index (χ3v) is 7.18. The van der Waals surface area contributed by atoms with Gasteiger partial charge >= 0.3 is 11.8 Å². The Morgan fingerprint density at radius 1 is 0.968 bits per heavy atom. The summed E-state index contributed by atoms with van der Waals surface area (Å²) in [4.78, 5) is 29.5. The van der Waals surface area contributed by atoms with Gasteiger partial charge in [-0.2, -0.15) is 0 Å². The SMILES string of the molecule is CN(C)CCN(C(=O)C(=O)NC(c1ccccc1)c1ccccc1)C1CCS(=O)(=O)C1. The lowest BCUT2D eigenvalue weighted by molar-refractivity contribution is -0.147. The van der Waals surface area contributed by atoms with E-state index in [2.05, 4.69) is 5.32 Å². The third-order valence-electron chi connectivity index (χ3n) is 5.43. The molecule has 8 heteroatoms.